The fraction of sp³-hybridized carbons (Fsp3) is 0.286. The van der Waals surface area contributed by atoms with Gasteiger partial charge in [0, 0.05) is 30.5 Å². The maximum Gasteiger partial charge on any atom is 0.339 e. The van der Waals surface area contributed by atoms with Crippen molar-refractivity contribution in [3.05, 3.63) is 41.2 Å². The molecule has 6 nitrogen and oxygen atoms in total. The quantitative estimate of drug-likeness (QED) is 0.728. The van der Waals surface area contributed by atoms with Crippen molar-refractivity contribution in [1.29, 1.82) is 0 Å². The second-order valence-corrected chi connectivity index (χ2v) is 4.49. The summed E-state index contributed by atoms with van der Waals surface area (Å²) in [6, 6.07) is 4.42. The summed E-state index contributed by atoms with van der Waals surface area (Å²) in [5, 5.41) is 25.9. The molecule has 0 unspecified atom stereocenters. The minimum atomic E-state index is -1.15. The molecule has 0 saturated carbocycles. The third kappa shape index (κ3) is 2.90. The molecular weight excluding hydrogens is 258 g/mol. The average molecular weight is 275 g/mol. The van der Waals surface area contributed by atoms with Crippen LogP contribution in [0, 0.1) is 6.92 Å². The normalized spacial score (nSPS) is 10.5. The second kappa shape index (κ2) is 5.64. The number of carboxylic acid groups (broad SMARTS) is 1. The average Bonchev–Trinajstić information content (AvgIpc) is 2.78. The van der Waals surface area contributed by atoms with Crippen LogP contribution in [0.25, 0.3) is 0 Å². The zero-order chi connectivity index (χ0) is 14.7. The predicted molar refractivity (Wildman–Crippen MR) is 75.0 cm³/mol. The number of nitrogens with zero attached hydrogens (tertiary/aromatic N) is 2. The van der Waals surface area contributed by atoms with E-state index in [4.69, 9.17) is 5.11 Å². The first-order valence-corrected chi connectivity index (χ1v) is 6.34. The van der Waals surface area contributed by atoms with Crippen molar-refractivity contribution in [2.75, 3.05) is 5.32 Å². The Bertz CT molecular complexity index is 635. The molecule has 0 atom stereocenters. The lowest BCUT2D eigenvalue weighted by molar-refractivity contribution is 0.0694. The molecule has 0 fully saturated rings. The number of nitrogens with one attached hydrogen (secondary N) is 1. The monoisotopic (exact) mass is 275 g/mol. The van der Waals surface area contributed by atoms with E-state index in [1.165, 1.54) is 12.1 Å². The van der Waals surface area contributed by atoms with Crippen LogP contribution in [0.4, 0.5) is 5.69 Å². The van der Waals surface area contributed by atoms with Crippen LogP contribution in [0.15, 0.2) is 24.4 Å². The number of benzene rings is 1. The maximum absolute atomic E-state index is 10.9. The van der Waals surface area contributed by atoms with Crippen molar-refractivity contribution in [2.45, 2.75) is 26.9 Å². The van der Waals surface area contributed by atoms with Crippen LogP contribution in [-0.2, 0) is 13.1 Å². The largest absolute Gasteiger partial charge is 0.507 e. The zero-order valence-corrected chi connectivity index (χ0v) is 11.4. The number of anilines is 1. The molecule has 0 bridgehead atoms. The Morgan fingerprint density at radius 2 is 2.20 bits per heavy atom. The van der Waals surface area contributed by atoms with Crippen molar-refractivity contribution in [2.24, 2.45) is 0 Å². The lowest BCUT2D eigenvalue weighted by Gasteiger charge is -2.07. The number of aryl methyl sites for hydroxylation is 2. The van der Waals surface area contributed by atoms with Crippen molar-refractivity contribution in [1.82, 2.24) is 9.78 Å². The second-order valence-electron chi connectivity index (χ2n) is 4.49. The summed E-state index contributed by atoms with van der Waals surface area (Å²) in [7, 11) is 0. The molecule has 6 heteroatoms. The molecular formula is C14H17N3O3. The van der Waals surface area contributed by atoms with Crippen LogP contribution < -0.4 is 5.32 Å². The highest BCUT2D eigenvalue weighted by molar-refractivity contribution is 5.91. The Kier molecular flexibility index (Phi) is 3.93. The lowest BCUT2D eigenvalue weighted by Crippen LogP contribution is -2.02. The Hall–Kier alpha value is -2.50. The summed E-state index contributed by atoms with van der Waals surface area (Å²) < 4.78 is 1.85. The van der Waals surface area contributed by atoms with Gasteiger partial charge in [0.15, 0.2) is 0 Å². The summed E-state index contributed by atoms with van der Waals surface area (Å²) in [6.45, 7) is 5.31. The highest BCUT2D eigenvalue weighted by Crippen LogP contribution is 2.22. The molecule has 1 aromatic heterocycles. The number of hydrogen-bond acceptors (Lipinski definition) is 4. The number of aromatic nitrogens is 2. The Morgan fingerprint density at radius 3 is 2.80 bits per heavy atom. The SMILES string of the molecule is CCn1cc(CNc2ccc(O)c(C(=O)O)c2)c(C)n1. The van der Waals surface area contributed by atoms with E-state index in [0.717, 1.165) is 17.8 Å². The first-order valence-electron chi connectivity index (χ1n) is 6.34. The first-order chi connectivity index (χ1) is 9.51. The minimum Gasteiger partial charge on any atom is -0.507 e. The van der Waals surface area contributed by atoms with E-state index in [0.29, 0.717) is 12.2 Å². The topological polar surface area (TPSA) is 87.4 Å². The van der Waals surface area contributed by atoms with E-state index in [-0.39, 0.29) is 11.3 Å². The van der Waals surface area contributed by atoms with Crippen molar-refractivity contribution in [3.8, 4) is 5.75 Å². The van der Waals surface area contributed by atoms with Gasteiger partial charge >= 0.3 is 5.97 Å². The summed E-state index contributed by atoms with van der Waals surface area (Å²) in [5.41, 5.74) is 2.52. The zero-order valence-electron chi connectivity index (χ0n) is 11.4. The van der Waals surface area contributed by atoms with Crippen molar-refractivity contribution < 1.29 is 15.0 Å². The third-order valence-corrected chi connectivity index (χ3v) is 3.08. The van der Waals surface area contributed by atoms with Gasteiger partial charge in [-0.2, -0.15) is 5.10 Å². The van der Waals surface area contributed by atoms with Crippen LogP contribution >= 0.6 is 0 Å². The Morgan fingerprint density at radius 1 is 1.45 bits per heavy atom. The summed E-state index contributed by atoms with van der Waals surface area (Å²) >= 11 is 0. The fourth-order valence-electron chi connectivity index (χ4n) is 1.91. The number of rotatable bonds is 5. The van der Waals surface area contributed by atoms with Gasteiger partial charge in [0.05, 0.1) is 5.69 Å². The molecule has 2 rings (SSSR count). The number of carbonyl (C=O) groups is 1. The number of aromatic carboxylic acids is 1. The van der Waals surface area contributed by atoms with Crippen LogP contribution in [-0.4, -0.2) is 26.0 Å². The predicted octanol–water partition coefficient (Wildman–Crippen LogP) is 2.23. The van der Waals surface area contributed by atoms with Crippen molar-refractivity contribution in [3.63, 3.8) is 0 Å². The lowest BCUT2D eigenvalue weighted by atomic mass is 10.1. The molecule has 1 heterocycles. The molecule has 0 aliphatic heterocycles. The maximum atomic E-state index is 10.9. The van der Waals surface area contributed by atoms with Gasteiger partial charge < -0.3 is 15.5 Å². The van der Waals surface area contributed by atoms with E-state index < -0.39 is 5.97 Å². The van der Waals surface area contributed by atoms with Gasteiger partial charge in [0.25, 0.3) is 0 Å². The molecule has 0 aliphatic rings. The smallest absolute Gasteiger partial charge is 0.339 e. The van der Waals surface area contributed by atoms with Gasteiger partial charge in [0.2, 0.25) is 0 Å². The van der Waals surface area contributed by atoms with Gasteiger partial charge in [-0.1, -0.05) is 0 Å². The molecule has 2 aromatic rings. The van der Waals surface area contributed by atoms with Crippen LogP contribution in [0.3, 0.4) is 0 Å². The van der Waals surface area contributed by atoms with Crippen molar-refractivity contribution >= 4 is 11.7 Å². The Balaban J connectivity index is 2.12. The fourth-order valence-corrected chi connectivity index (χ4v) is 1.91. The van der Waals surface area contributed by atoms with Gasteiger partial charge in [-0.3, -0.25) is 4.68 Å². The highest BCUT2D eigenvalue weighted by atomic mass is 16.4. The first kappa shape index (κ1) is 13.9. The summed E-state index contributed by atoms with van der Waals surface area (Å²) in [6.07, 6.45) is 1.96. The van der Waals surface area contributed by atoms with Gasteiger partial charge in [0.1, 0.15) is 11.3 Å². The van der Waals surface area contributed by atoms with E-state index in [2.05, 4.69) is 10.4 Å². The molecule has 0 radical (unpaired) electrons. The Labute approximate surface area is 116 Å². The van der Waals surface area contributed by atoms with Crippen LogP contribution in [0.2, 0.25) is 0 Å². The van der Waals surface area contributed by atoms with Crippen LogP contribution in [0.1, 0.15) is 28.5 Å². The van der Waals surface area contributed by atoms with E-state index >= 15 is 0 Å². The van der Waals surface area contributed by atoms with E-state index in [1.54, 1.807) is 6.07 Å². The van der Waals surface area contributed by atoms with Gasteiger partial charge in [-0.15, -0.1) is 0 Å². The van der Waals surface area contributed by atoms with E-state index in [1.807, 2.05) is 24.7 Å². The molecule has 0 amide bonds. The number of phenols is 1. The van der Waals surface area contributed by atoms with E-state index in [9.17, 15) is 9.90 Å². The molecule has 1 aromatic carbocycles. The molecule has 0 saturated heterocycles. The minimum absolute atomic E-state index is 0.115. The highest BCUT2D eigenvalue weighted by Gasteiger charge is 2.10. The number of hydrogen-bond donors (Lipinski definition) is 3. The molecule has 20 heavy (non-hydrogen) atoms. The van der Waals surface area contributed by atoms with Crippen LogP contribution in [0.5, 0.6) is 5.75 Å². The molecule has 0 aliphatic carbocycles. The number of carboxylic acids is 1. The van der Waals surface area contributed by atoms with Gasteiger partial charge in [-0.05, 0) is 32.0 Å². The molecule has 106 valence electrons. The standard InChI is InChI=1S/C14H17N3O3/c1-3-17-8-10(9(2)16-17)7-15-11-4-5-13(18)12(6-11)14(19)20/h4-6,8,15,18H,3,7H2,1-2H3,(H,19,20). The summed E-state index contributed by atoms with van der Waals surface area (Å²) in [4.78, 5) is 10.9. The molecule has 0 spiro atoms. The summed E-state index contributed by atoms with van der Waals surface area (Å²) in [5.74, 6) is -1.39. The third-order valence-electron chi connectivity index (χ3n) is 3.08. The molecule has 3 N–H and O–H groups in total. The van der Waals surface area contributed by atoms with Gasteiger partial charge in [-0.25, -0.2) is 4.79 Å². The number of aromatic hydroxyl groups is 1.